The Morgan fingerprint density at radius 1 is 0.146 bits per heavy atom. The van der Waals surface area contributed by atoms with E-state index in [-0.39, 0.29) is 16.2 Å². The van der Waals surface area contributed by atoms with E-state index in [0.29, 0.717) is 0 Å². The maximum absolute atomic E-state index is 2.37. The summed E-state index contributed by atoms with van der Waals surface area (Å²) in [6, 6.07) is 102. The number of aryl methyl sites for hydroxylation is 22. The van der Waals surface area contributed by atoms with E-state index < -0.39 is 0 Å². The highest BCUT2D eigenvalue weighted by molar-refractivity contribution is 5.86. The molecule has 15 aromatic carbocycles. The van der Waals surface area contributed by atoms with Crippen molar-refractivity contribution in [3.63, 3.8) is 0 Å². The summed E-state index contributed by atoms with van der Waals surface area (Å²) in [6.07, 6.45) is 0. The van der Waals surface area contributed by atoms with E-state index in [1.165, 1.54) is 245 Å². The van der Waals surface area contributed by atoms with Crippen molar-refractivity contribution in [2.45, 2.75) is 224 Å². The number of rotatable bonds is 4. The minimum absolute atomic E-state index is 0.133. The first-order chi connectivity index (χ1) is 58.1. The topological polar surface area (TPSA) is 0 Å². The van der Waals surface area contributed by atoms with Crippen LogP contribution in [0.1, 0.15) is 208 Å². The lowest BCUT2D eigenvalue weighted by atomic mass is 9.79. The fraction of sp³-hybridized carbons (Fsp3) is 0.268. The Bertz CT molecular complexity index is 6230. The van der Waals surface area contributed by atoms with Gasteiger partial charge in [0, 0.05) is 16.2 Å². The van der Waals surface area contributed by atoms with Gasteiger partial charge in [-0.05, 0) is 350 Å². The molecule has 0 atom stereocenters. The van der Waals surface area contributed by atoms with Gasteiger partial charge in [0.15, 0.2) is 0 Å². The van der Waals surface area contributed by atoms with Crippen molar-refractivity contribution >= 4 is 0 Å². The third-order valence-electron chi connectivity index (χ3n) is 25.8. The molecule has 0 aliphatic heterocycles. The molecular weight excluding hydrogens is 1480 g/mol. The monoisotopic (exact) mass is 1610 g/mol. The van der Waals surface area contributed by atoms with Crippen LogP contribution in [0.5, 0.6) is 0 Å². The van der Waals surface area contributed by atoms with E-state index in [1.54, 1.807) is 0 Å². The molecule has 0 saturated carbocycles. The molecule has 0 bridgehead atoms. The molecule has 0 fully saturated rings. The molecule has 0 heteroatoms. The van der Waals surface area contributed by atoms with Gasteiger partial charge >= 0.3 is 0 Å². The maximum Gasteiger partial charge on any atom is 0.0161 e. The van der Waals surface area contributed by atoms with E-state index >= 15 is 0 Å². The highest BCUT2D eigenvalue weighted by Crippen LogP contribution is 2.53. The van der Waals surface area contributed by atoms with Crippen molar-refractivity contribution < 1.29 is 0 Å². The van der Waals surface area contributed by atoms with Crippen LogP contribution in [0.2, 0.25) is 0 Å². The summed E-state index contributed by atoms with van der Waals surface area (Å²) in [7, 11) is 0. The van der Waals surface area contributed by atoms with Crippen LogP contribution in [-0.4, -0.2) is 0 Å². The Kier molecular flexibility index (Phi) is 29.0. The zero-order chi connectivity index (χ0) is 89.4. The molecule has 0 radical (unpaired) electrons. The summed E-state index contributed by atoms with van der Waals surface area (Å²) >= 11 is 0. The van der Waals surface area contributed by atoms with Crippen LogP contribution in [0.4, 0.5) is 0 Å². The second-order valence-corrected chi connectivity index (χ2v) is 37.7. The number of hydrogen-bond donors (Lipinski definition) is 0. The van der Waals surface area contributed by atoms with Crippen molar-refractivity contribution in [1.29, 1.82) is 0 Å². The van der Waals surface area contributed by atoms with Crippen molar-refractivity contribution in [3.05, 3.63) is 446 Å². The summed E-state index contributed by atoms with van der Waals surface area (Å²) < 4.78 is 0. The fourth-order valence-electron chi connectivity index (χ4n) is 19.3. The molecule has 0 nitrogen and oxygen atoms in total. The van der Waals surface area contributed by atoms with E-state index in [2.05, 4.69) is 481 Å². The molecule has 0 unspecified atom stereocenters. The van der Waals surface area contributed by atoms with Gasteiger partial charge in [-0.25, -0.2) is 0 Å². The van der Waals surface area contributed by atoms with Crippen molar-refractivity contribution in [2.75, 3.05) is 0 Å². The predicted octanol–water partition coefficient (Wildman–Crippen LogP) is 34.5. The molecule has 15 aromatic rings. The van der Waals surface area contributed by atoms with Crippen LogP contribution in [0.25, 0.3) is 77.9 Å². The van der Waals surface area contributed by atoms with Gasteiger partial charge in [-0.3, -0.25) is 0 Å². The molecule has 18 rings (SSSR count). The van der Waals surface area contributed by atoms with Gasteiger partial charge in [-0.1, -0.05) is 382 Å². The normalized spacial score (nSPS) is 12.5. The fourth-order valence-corrected chi connectivity index (χ4v) is 19.3. The van der Waals surface area contributed by atoms with Gasteiger partial charge in [0.25, 0.3) is 0 Å². The molecule has 3 aliphatic rings. The minimum Gasteiger partial charge on any atom is -0.0622 e. The molecule has 0 heterocycles. The van der Waals surface area contributed by atoms with Gasteiger partial charge < -0.3 is 0 Å². The van der Waals surface area contributed by atoms with Crippen molar-refractivity contribution in [2.24, 2.45) is 0 Å². The summed E-state index contributed by atoms with van der Waals surface area (Å²) in [6.45, 7) is 66.2. The van der Waals surface area contributed by atoms with Crippen LogP contribution < -0.4 is 0 Å². The highest BCUT2D eigenvalue weighted by atomic mass is 14.4. The Hall–Kier alpha value is -11.7. The van der Waals surface area contributed by atoms with Gasteiger partial charge in [0.1, 0.15) is 0 Å². The van der Waals surface area contributed by atoms with Crippen molar-refractivity contribution in [3.8, 4) is 77.9 Å². The van der Waals surface area contributed by atoms with Crippen LogP contribution in [0.15, 0.2) is 279 Å². The molecular formula is C123H136. The lowest BCUT2D eigenvalue weighted by Crippen LogP contribution is -2.17. The van der Waals surface area contributed by atoms with E-state index in [9.17, 15) is 0 Å². The Labute approximate surface area is 742 Å². The average molecular weight is 1610 g/mol. The zero-order valence-corrected chi connectivity index (χ0v) is 80.1. The predicted molar refractivity (Wildman–Crippen MR) is 540 cm³/mol. The minimum atomic E-state index is 0.133. The molecule has 3 aliphatic carbocycles. The van der Waals surface area contributed by atoms with E-state index in [1.807, 2.05) is 6.07 Å². The average Bonchev–Trinajstić information content (AvgIpc) is 1.58. The second kappa shape index (κ2) is 38.8. The first-order valence-corrected chi connectivity index (χ1v) is 44.4. The largest absolute Gasteiger partial charge is 0.0622 e. The van der Waals surface area contributed by atoms with Gasteiger partial charge in [-0.15, -0.1) is 0 Å². The quantitative estimate of drug-likeness (QED) is 0.165. The standard InChI is InChI=1S/2C18H20.C17H18.C17H20.2C15H16.C14H14.C9H12/c1-11-6-7-14-15-9-12(2)8-13(3)17(15)18(4,5)16(14)10-11;1-11-10-15-14-8-6-7-9-16(14)18(4,5)17(15)13(3)12(11)2;1-11-9-12(2)16-13-7-5-6-8-14(13)17(3,4)15(16)10-11;1-11-6-12(2)10-16(9-11)17-14(4)7-13(3)8-15(17)5;1-11-4-6-14(7-5-11)15-9-12(2)8-13(3)10-15;1-11-7-9-14(10-8-11)15-12(2)5-4-6-13(15)3;1-11-8-9-14(10-12(11)2)13-6-4-3-5-7-13;1-7-4-5-8(2)9(3)6-7/h2*6-10H,1-5H3;5-10H,1-4H3;6-10H,1-5H3;2*4-10H,1-3H3;3-10H,1-2H3;4-6H,1-3H3. The number of benzene rings is 15. The third kappa shape index (κ3) is 21.2. The van der Waals surface area contributed by atoms with Gasteiger partial charge in [0.05, 0.1) is 0 Å². The van der Waals surface area contributed by atoms with Crippen LogP contribution in [0.3, 0.4) is 0 Å². The van der Waals surface area contributed by atoms with E-state index in [0.717, 1.165) is 0 Å². The number of hydrogen-bond acceptors (Lipinski definition) is 0. The van der Waals surface area contributed by atoms with Crippen molar-refractivity contribution in [1.82, 2.24) is 0 Å². The molecule has 0 saturated heterocycles. The lowest BCUT2D eigenvalue weighted by Gasteiger charge is -2.24. The molecule has 0 N–H and O–H groups in total. The summed E-state index contributed by atoms with van der Waals surface area (Å²) in [5.41, 5.74) is 61.3. The second-order valence-electron chi connectivity index (χ2n) is 37.7. The van der Waals surface area contributed by atoms with E-state index in [4.69, 9.17) is 0 Å². The first-order valence-electron chi connectivity index (χ1n) is 44.4. The SMILES string of the molecule is Cc1cc(C)c2c(c1)-c1ccc(C)cc1C2(C)C.Cc1cc(C)c2c(c1)C(C)(C)c1ccccc1-2.Cc1cc(C)cc(-c2c(C)cc(C)cc2C)c1.Cc1cc2c(c(C)c1C)C(C)(C)c1ccccc1-2.Cc1ccc(-c2c(C)cccc2C)cc1.Cc1ccc(-c2cc(C)cc(C)c2)cc1.Cc1ccc(-c2ccccc2)cc1C.Cc1ccc(C)c(C)c1. The van der Waals surface area contributed by atoms with Gasteiger partial charge in [-0.2, -0.15) is 0 Å². The Balaban J connectivity index is 0.000000138. The molecule has 0 aromatic heterocycles. The highest BCUT2D eigenvalue weighted by Gasteiger charge is 2.39. The molecule has 123 heavy (non-hydrogen) atoms. The Morgan fingerprint density at radius 2 is 0.520 bits per heavy atom. The van der Waals surface area contributed by atoms with Gasteiger partial charge in [0.2, 0.25) is 0 Å². The molecule has 628 valence electrons. The first kappa shape index (κ1) is 92.0. The lowest BCUT2D eigenvalue weighted by molar-refractivity contribution is 0.654. The summed E-state index contributed by atoms with van der Waals surface area (Å²) in [5.74, 6) is 0. The zero-order valence-electron chi connectivity index (χ0n) is 80.1. The summed E-state index contributed by atoms with van der Waals surface area (Å²) in [4.78, 5) is 0. The molecule has 0 spiro atoms. The molecule has 0 amide bonds. The smallest absolute Gasteiger partial charge is 0.0161 e. The third-order valence-corrected chi connectivity index (χ3v) is 25.8. The number of fused-ring (bicyclic) bond motifs is 9. The Morgan fingerprint density at radius 3 is 1.07 bits per heavy atom. The van der Waals surface area contributed by atoms with Crippen LogP contribution >= 0.6 is 0 Å². The van der Waals surface area contributed by atoms with Crippen LogP contribution in [0, 0.1) is 166 Å². The summed E-state index contributed by atoms with van der Waals surface area (Å²) in [5, 5.41) is 0. The van der Waals surface area contributed by atoms with Crippen LogP contribution in [-0.2, 0) is 16.2 Å². The maximum atomic E-state index is 2.37.